The SMILES string of the molecule is Cc1nc(Cl)c2cc(C=O)ccn12. The third-order valence-electron chi connectivity index (χ3n) is 1.94. The summed E-state index contributed by atoms with van der Waals surface area (Å²) >= 11 is 5.86. The van der Waals surface area contributed by atoms with Crippen LogP contribution in [-0.2, 0) is 0 Å². The summed E-state index contributed by atoms with van der Waals surface area (Å²) in [7, 11) is 0. The first-order valence-electron chi connectivity index (χ1n) is 3.82. The fourth-order valence-corrected chi connectivity index (χ4v) is 1.55. The van der Waals surface area contributed by atoms with Crippen LogP contribution < -0.4 is 0 Å². The van der Waals surface area contributed by atoms with E-state index in [1.165, 1.54) is 0 Å². The largest absolute Gasteiger partial charge is 0.302 e. The van der Waals surface area contributed by atoms with Crippen LogP contribution in [-0.4, -0.2) is 15.7 Å². The molecule has 0 aromatic carbocycles. The van der Waals surface area contributed by atoms with Crippen LogP contribution in [0.5, 0.6) is 0 Å². The molecule has 0 aliphatic heterocycles. The smallest absolute Gasteiger partial charge is 0.155 e. The normalized spacial score (nSPS) is 10.6. The lowest BCUT2D eigenvalue weighted by atomic mass is 10.3. The molecule has 0 saturated heterocycles. The van der Waals surface area contributed by atoms with Gasteiger partial charge in [-0.1, -0.05) is 11.6 Å². The zero-order valence-corrected chi connectivity index (χ0v) is 7.75. The van der Waals surface area contributed by atoms with E-state index in [0.29, 0.717) is 10.7 Å². The fraction of sp³-hybridized carbons (Fsp3) is 0.111. The van der Waals surface area contributed by atoms with Crippen molar-refractivity contribution in [1.82, 2.24) is 9.38 Å². The monoisotopic (exact) mass is 194 g/mol. The summed E-state index contributed by atoms with van der Waals surface area (Å²) in [6.45, 7) is 1.86. The molecular formula is C9H7ClN2O. The van der Waals surface area contributed by atoms with Gasteiger partial charge in [0.2, 0.25) is 0 Å². The lowest BCUT2D eigenvalue weighted by Crippen LogP contribution is -1.88. The Morgan fingerprint density at radius 3 is 3.08 bits per heavy atom. The van der Waals surface area contributed by atoms with Crippen molar-refractivity contribution < 1.29 is 4.79 Å². The van der Waals surface area contributed by atoms with E-state index < -0.39 is 0 Å². The van der Waals surface area contributed by atoms with Crippen molar-refractivity contribution in [3.8, 4) is 0 Å². The molecule has 0 unspecified atom stereocenters. The Bertz CT molecular complexity index is 476. The molecule has 0 radical (unpaired) electrons. The molecule has 66 valence electrons. The van der Waals surface area contributed by atoms with Gasteiger partial charge in [0.25, 0.3) is 0 Å². The van der Waals surface area contributed by atoms with Crippen LogP contribution in [0.2, 0.25) is 5.15 Å². The molecule has 0 spiro atoms. The Hall–Kier alpha value is -1.35. The maximum Gasteiger partial charge on any atom is 0.155 e. The van der Waals surface area contributed by atoms with Gasteiger partial charge < -0.3 is 4.40 Å². The van der Waals surface area contributed by atoms with Crippen molar-refractivity contribution in [2.45, 2.75) is 6.92 Å². The molecule has 2 aromatic heterocycles. The fourth-order valence-electron chi connectivity index (χ4n) is 1.28. The molecule has 0 N–H and O–H groups in total. The average molecular weight is 195 g/mol. The summed E-state index contributed by atoms with van der Waals surface area (Å²) in [6.07, 6.45) is 2.58. The highest BCUT2D eigenvalue weighted by molar-refractivity contribution is 6.32. The van der Waals surface area contributed by atoms with Gasteiger partial charge in [-0.25, -0.2) is 4.98 Å². The number of carbonyl (C=O) groups is 1. The number of aromatic nitrogens is 2. The number of hydrogen-bond acceptors (Lipinski definition) is 2. The molecule has 0 fully saturated rings. The van der Waals surface area contributed by atoms with Crippen molar-refractivity contribution >= 4 is 23.4 Å². The topological polar surface area (TPSA) is 34.4 Å². The van der Waals surface area contributed by atoms with E-state index in [4.69, 9.17) is 11.6 Å². The standard InChI is InChI=1S/C9H7ClN2O/c1-6-11-9(10)8-4-7(5-13)2-3-12(6)8/h2-5H,1H3. The number of imidazole rings is 1. The van der Waals surface area contributed by atoms with E-state index in [-0.39, 0.29) is 0 Å². The molecule has 2 rings (SSSR count). The summed E-state index contributed by atoms with van der Waals surface area (Å²) < 4.78 is 1.84. The summed E-state index contributed by atoms with van der Waals surface area (Å²) in [6, 6.07) is 3.44. The van der Waals surface area contributed by atoms with E-state index in [0.717, 1.165) is 17.6 Å². The molecule has 2 heterocycles. The molecule has 13 heavy (non-hydrogen) atoms. The number of nitrogens with zero attached hydrogens (tertiary/aromatic N) is 2. The predicted molar refractivity (Wildman–Crippen MR) is 50.3 cm³/mol. The van der Waals surface area contributed by atoms with Gasteiger partial charge in [-0.3, -0.25) is 4.79 Å². The Morgan fingerprint density at radius 2 is 2.38 bits per heavy atom. The van der Waals surface area contributed by atoms with E-state index in [1.54, 1.807) is 18.3 Å². The van der Waals surface area contributed by atoms with Crippen molar-refractivity contribution in [3.05, 3.63) is 34.9 Å². The maximum atomic E-state index is 10.5. The lowest BCUT2D eigenvalue weighted by Gasteiger charge is -1.95. The Balaban J connectivity index is 2.83. The molecule has 2 aromatic rings. The third kappa shape index (κ3) is 1.21. The molecule has 0 saturated carbocycles. The van der Waals surface area contributed by atoms with E-state index in [1.807, 2.05) is 11.3 Å². The number of rotatable bonds is 1. The highest BCUT2D eigenvalue weighted by Gasteiger charge is 2.05. The van der Waals surface area contributed by atoms with Crippen LogP contribution in [0.4, 0.5) is 0 Å². The predicted octanol–water partition coefficient (Wildman–Crippen LogP) is 2.11. The van der Waals surface area contributed by atoms with Crippen LogP contribution in [0.1, 0.15) is 16.2 Å². The first kappa shape index (κ1) is 8.26. The minimum atomic E-state index is 0.432. The van der Waals surface area contributed by atoms with Gasteiger partial charge in [-0.2, -0.15) is 0 Å². The van der Waals surface area contributed by atoms with Gasteiger partial charge in [0, 0.05) is 11.8 Å². The summed E-state index contributed by atoms with van der Waals surface area (Å²) in [4.78, 5) is 14.6. The Labute approximate surface area is 80.0 Å². The number of aldehydes is 1. The van der Waals surface area contributed by atoms with Gasteiger partial charge in [0.1, 0.15) is 12.1 Å². The molecule has 0 atom stereocenters. The van der Waals surface area contributed by atoms with E-state index in [2.05, 4.69) is 4.98 Å². The molecule has 0 bridgehead atoms. The molecular weight excluding hydrogens is 188 g/mol. The molecule has 4 heteroatoms. The minimum Gasteiger partial charge on any atom is -0.302 e. The van der Waals surface area contributed by atoms with Crippen LogP contribution >= 0.6 is 11.6 Å². The second-order valence-electron chi connectivity index (χ2n) is 2.78. The number of carbonyl (C=O) groups excluding carboxylic acids is 1. The summed E-state index contributed by atoms with van der Waals surface area (Å²) in [5.74, 6) is 0.817. The average Bonchev–Trinajstić information content (AvgIpc) is 2.42. The summed E-state index contributed by atoms with van der Waals surface area (Å²) in [5.41, 5.74) is 1.37. The summed E-state index contributed by atoms with van der Waals surface area (Å²) in [5, 5.41) is 0.432. The van der Waals surface area contributed by atoms with Gasteiger partial charge >= 0.3 is 0 Å². The van der Waals surface area contributed by atoms with Crippen molar-refractivity contribution in [3.63, 3.8) is 0 Å². The van der Waals surface area contributed by atoms with Gasteiger partial charge in [-0.15, -0.1) is 0 Å². The third-order valence-corrected chi connectivity index (χ3v) is 2.21. The van der Waals surface area contributed by atoms with Crippen LogP contribution in [0.3, 0.4) is 0 Å². The first-order valence-corrected chi connectivity index (χ1v) is 4.19. The minimum absolute atomic E-state index is 0.432. The van der Waals surface area contributed by atoms with Gasteiger partial charge in [-0.05, 0) is 19.1 Å². The van der Waals surface area contributed by atoms with Gasteiger partial charge in [0.15, 0.2) is 5.15 Å². The van der Waals surface area contributed by atoms with Crippen molar-refractivity contribution in [2.24, 2.45) is 0 Å². The van der Waals surface area contributed by atoms with Crippen LogP contribution in [0, 0.1) is 6.92 Å². The zero-order chi connectivity index (χ0) is 9.42. The number of aryl methyl sites for hydroxylation is 1. The van der Waals surface area contributed by atoms with E-state index in [9.17, 15) is 4.79 Å². The quantitative estimate of drug-likeness (QED) is 0.652. The highest BCUT2D eigenvalue weighted by Crippen LogP contribution is 2.18. The van der Waals surface area contributed by atoms with Gasteiger partial charge in [0.05, 0.1) is 5.52 Å². The zero-order valence-electron chi connectivity index (χ0n) is 6.99. The molecule has 0 aliphatic rings. The Morgan fingerprint density at radius 1 is 1.62 bits per heavy atom. The number of pyridine rings is 1. The second-order valence-corrected chi connectivity index (χ2v) is 3.14. The van der Waals surface area contributed by atoms with Crippen LogP contribution in [0.25, 0.3) is 5.52 Å². The number of halogens is 1. The van der Waals surface area contributed by atoms with Crippen molar-refractivity contribution in [2.75, 3.05) is 0 Å². The van der Waals surface area contributed by atoms with Crippen LogP contribution in [0.15, 0.2) is 18.3 Å². The highest BCUT2D eigenvalue weighted by atomic mass is 35.5. The second kappa shape index (κ2) is 2.85. The molecule has 3 nitrogen and oxygen atoms in total. The lowest BCUT2D eigenvalue weighted by molar-refractivity contribution is 0.112. The maximum absolute atomic E-state index is 10.5. The number of fused-ring (bicyclic) bond motifs is 1. The molecule has 0 amide bonds. The Kier molecular flexibility index (Phi) is 1.81. The van der Waals surface area contributed by atoms with E-state index >= 15 is 0 Å². The first-order chi connectivity index (χ1) is 6.22. The molecule has 0 aliphatic carbocycles. The van der Waals surface area contributed by atoms with Crippen molar-refractivity contribution in [1.29, 1.82) is 0 Å². The number of hydrogen-bond donors (Lipinski definition) is 0.